The smallest absolute Gasteiger partial charge is 0.251 e. The van der Waals surface area contributed by atoms with Crippen LogP contribution in [0.25, 0.3) is 0 Å². The van der Waals surface area contributed by atoms with Crippen molar-refractivity contribution in [2.75, 3.05) is 40.5 Å². The van der Waals surface area contributed by atoms with E-state index in [-0.39, 0.29) is 17.3 Å². The van der Waals surface area contributed by atoms with E-state index in [1.165, 1.54) is 11.4 Å². The van der Waals surface area contributed by atoms with E-state index in [0.29, 0.717) is 49.8 Å². The Balaban J connectivity index is 1.70. The molecular weight excluding hydrogens is 432 g/mol. The molecule has 2 aromatic carbocycles. The van der Waals surface area contributed by atoms with Crippen LogP contribution in [0.15, 0.2) is 53.9 Å². The number of allylic oxidation sites excluding steroid dienone is 1. The minimum atomic E-state index is -3.55. The first kappa shape index (κ1) is 23.8. The van der Waals surface area contributed by atoms with Crippen molar-refractivity contribution in [2.45, 2.75) is 17.9 Å². The Bertz CT molecular complexity index is 1060. The fourth-order valence-electron chi connectivity index (χ4n) is 3.48. The maximum Gasteiger partial charge on any atom is 0.251 e. The average molecular weight is 461 g/mol. The van der Waals surface area contributed by atoms with Gasteiger partial charge in [-0.25, -0.2) is 8.42 Å². The summed E-state index contributed by atoms with van der Waals surface area (Å²) in [5.74, 6) is 0.761. The summed E-state index contributed by atoms with van der Waals surface area (Å²) < 4.78 is 42.8. The van der Waals surface area contributed by atoms with Crippen molar-refractivity contribution in [3.8, 4) is 11.5 Å². The molecule has 0 radical (unpaired) electrons. The van der Waals surface area contributed by atoms with Gasteiger partial charge >= 0.3 is 0 Å². The first-order valence-corrected chi connectivity index (χ1v) is 11.7. The fourth-order valence-corrected chi connectivity index (χ4v) is 4.89. The van der Waals surface area contributed by atoms with E-state index in [2.05, 4.69) is 11.9 Å². The predicted molar refractivity (Wildman–Crippen MR) is 121 cm³/mol. The number of morpholine rings is 1. The molecular formula is C23H28N2O6S. The molecule has 1 aliphatic heterocycles. The molecule has 1 N–H and O–H groups in total. The van der Waals surface area contributed by atoms with Crippen LogP contribution >= 0.6 is 0 Å². The van der Waals surface area contributed by atoms with Crippen LogP contribution in [0.1, 0.15) is 21.5 Å². The summed E-state index contributed by atoms with van der Waals surface area (Å²) in [5.41, 5.74) is 2.02. The van der Waals surface area contributed by atoms with Crippen LogP contribution in [0.5, 0.6) is 11.5 Å². The Hall–Kier alpha value is -2.88. The molecule has 1 saturated heterocycles. The molecule has 3 rings (SSSR count). The molecule has 1 amide bonds. The van der Waals surface area contributed by atoms with Crippen LogP contribution in [-0.2, 0) is 27.7 Å². The van der Waals surface area contributed by atoms with Crippen LogP contribution in [0.3, 0.4) is 0 Å². The van der Waals surface area contributed by atoms with Crippen LogP contribution in [0.4, 0.5) is 0 Å². The Morgan fingerprint density at radius 2 is 1.84 bits per heavy atom. The number of rotatable bonds is 9. The second kappa shape index (κ2) is 10.6. The molecule has 8 nitrogen and oxygen atoms in total. The van der Waals surface area contributed by atoms with Crippen LogP contribution < -0.4 is 14.8 Å². The van der Waals surface area contributed by atoms with Gasteiger partial charge in [-0.3, -0.25) is 4.79 Å². The lowest BCUT2D eigenvalue weighted by Gasteiger charge is -2.26. The number of nitrogens with zero attached hydrogens (tertiary/aromatic N) is 1. The zero-order chi connectivity index (χ0) is 23.1. The predicted octanol–water partition coefficient (Wildman–Crippen LogP) is 2.38. The zero-order valence-electron chi connectivity index (χ0n) is 18.3. The molecule has 0 aliphatic carbocycles. The minimum Gasteiger partial charge on any atom is -0.493 e. The van der Waals surface area contributed by atoms with Crippen molar-refractivity contribution < 1.29 is 27.4 Å². The van der Waals surface area contributed by atoms with Gasteiger partial charge in [0, 0.05) is 30.8 Å². The Morgan fingerprint density at radius 3 is 2.44 bits per heavy atom. The number of ether oxygens (including phenoxy) is 3. The summed E-state index contributed by atoms with van der Waals surface area (Å²) in [4.78, 5) is 13.0. The van der Waals surface area contributed by atoms with Crippen molar-refractivity contribution in [3.05, 3.63) is 65.7 Å². The topological polar surface area (TPSA) is 94.2 Å². The lowest BCUT2D eigenvalue weighted by atomic mass is 10.0. The molecule has 1 fully saturated rings. The fraction of sp³-hybridized carbons (Fsp3) is 0.348. The van der Waals surface area contributed by atoms with Gasteiger partial charge in [-0.1, -0.05) is 18.2 Å². The average Bonchev–Trinajstić information content (AvgIpc) is 2.83. The number of amides is 1. The first-order chi connectivity index (χ1) is 15.4. The Morgan fingerprint density at radius 1 is 1.16 bits per heavy atom. The molecule has 1 heterocycles. The second-order valence-corrected chi connectivity index (χ2v) is 9.14. The number of carbonyl (C=O) groups is 1. The number of benzene rings is 2. The van der Waals surface area contributed by atoms with Gasteiger partial charge < -0.3 is 19.5 Å². The highest BCUT2D eigenvalue weighted by Crippen LogP contribution is 2.33. The highest BCUT2D eigenvalue weighted by atomic mass is 32.2. The lowest BCUT2D eigenvalue weighted by molar-refractivity contribution is 0.0730. The van der Waals surface area contributed by atoms with E-state index in [0.717, 1.165) is 11.1 Å². The summed E-state index contributed by atoms with van der Waals surface area (Å²) in [6.45, 7) is 5.48. The van der Waals surface area contributed by atoms with Crippen molar-refractivity contribution >= 4 is 15.9 Å². The maximum absolute atomic E-state index is 12.7. The molecule has 0 atom stereocenters. The SMILES string of the molecule is C=CCc1cc(C(=O)NCc2ccc(S(=O)(=O)N3CCOCC3)cc2)cc(OC)c1OC. The van der Waals surface area contributed by atoms with Crippen LogP contribution in [0.2, 0.25) is 0 Å². The van der Waals surface area contributed by atoms with Gasteiger partial charge in [-0.15, -0.1) is 6.58 Å². The molecule has 0 spiro atoms. The van der Waals surface area contributed by atoms with Gasteiger partial charge in [0.2, 0.25) is 10.0 Å². The zero-order valence-corrected chi connectivity index (χ0v) is 19.1. The molecule has 0 aromatic heterocycles. The molecule has 1 aliphatic rings. The van der Waals surface area contributed by atoms with Crippen LogP contribution in [-0.4, -0.2) is 59.2 Å². The molecule has 172 valence electrons. The second-order valence-electron chi connectivity index (χ2n) is 7.21. The van der Waals surface area contributed by atoms with E-state index in [1.807, 2.05) is 0 Å². The Kier molecular flexibility index (Phi) is 7.89. The van der Waals surface area contributed by atoms with E-state index in [1.54, 1.807) is 49.6 Å². The monoisotopic (exact) mass is 460 g/mol. The maximum atomic E-state index is 12.7. The summed E-state index contributed by atoms with van der Waals surface area (Å²) in [7, 11) is -0.479. The Labute approximate surface area is 188 Å². The number of hydrogen-bond donors (Lipinski definition) is 1. The van der Waals surface area contributed by atoms with Gasteiger partial charge in [-0.2, -0.15) is 4.31 Å². The standard InChI is InChI=1S/C23H28N2O6S/c1-4-5-18-14-19(15-21(29-2)22(18)30-3)23(26)24-16-17-6-8-20(9-7-17)32(27,28)25-10-12-31-13-11-25/h4,6-9,14-15H,1,5,10-13,16H2,2-3H3,(H,24,26). The van der Waals surface area contributed by atoms with Gasteiger partial charge in [0.15, 0.2) is 11.5 Å². The summed E-state index contributed by atoms with van der Waals surface area (Å²) in [6.07, 6.45) is 2.26. The number of hydrogen-bond acceptors (Lipinski definition) is 6. The van der Waals surface area contributed by atoms with Crippen molar-refractivity contribution in [3.63, 3.8) is 0 Å². The summed E-state index contributed by atoms with van der Waals surface area (Å²) >= 11 is 0. The number of nitrogens with one attached hydrogen (secondary N) is 1. The summed E-state index contributed by atoms with van der Waals surface area (Å²) in [6, 6.07) is 9.89. The van der Waals surface area contributed by atoms with Crippen molar-refractivity contribution in [1.82, 2.24) is 9.62 Å². The lowest BCUT2D eigenvalue weighted by Crippen LogP contribution is -2.40. The highest BCUT2D eigenvalue weighted by Gasteiger charge is 2.26. The summed E-state index contributed by atoms with van der Waals surface area (Å²) in [5, 5.41) is 2.86. The van der Waals surface area contributed by atoms with Crippen molar-refractivity contribution in [2.24, 2.45) is 0 Å². The van der Waals surface area contributed by atoms with Gasteiger partial charge in [0.25, 0.3) is 5.91 Å². The largest absolute Gasteiger partial charge is 0.493 e. The van der Waals surface area contributed by atoms with E-state index < -0.39 is 10.0 Å². The molecule has 0 unspecified atom stereocenters. The molecule has 9 heteroatoms. The number of methoxy groups -OCH3 is 2. The minimum absolute atomic E-state index is 0.225. The third kappa shape index (κ3) is 5.29. The first-order valence-electron chi connectivity index (χ1n) is 10.2. The third-order valence-electron chi connectivity index (χ3n) is 5.17. The molecule has 32 heavy (non-hydrogen) atoms. The van der Waals surface area contributed by atoms with E-state index >= 15 is 0 Å². The third-order valence-corrected chi connectivity index (χ3v) is 7.08. The quantitative estimate of drug-likeness (QED) is 0.578. The van der Waals surface area contributed by atoms with Gasteiger partial charge in [-0.05, 0) is 36.2 Å². The highest BCUT2D eigenvalue weighted by molar-refractivity contribution is 7.89. The number of sulfonamides is 1. The van der Waals surface area contributed by atoms with Crippen molar-refractivity contribution in [1.29, 1.82) is 0 Å². The van der Waals surface area contributed by atoms with Gasteiger partial charge in [0.1, 0.15) is 0 Å². The van der Waals surface area contributed by atoms with E-state index in [4.69, 9.17) is 14.2 Å². The van der Waals surface area contributed by atoms with Crippen LogP contribution in [0, 0.1) is 0 Å². The molecule has 2 aromatic rings. The normalized spacial score (nSPS) is 14.6. The van der Waals surface area contributed by atoms with Gasteiger partial charge in [0.05, 0.1) is 32.3 Å². The molecule has 0 bridgehead atoms. The molecule has 0 saturated carbocycles. The number of carbonyl (C=O) groups excluding carboxylic acids is 1. The van der Waals surface area contributed by atoms with E-state index in [9.17, 15) is 13.2 Å².